The second-order valence-corrected chi connectivity index (χ2v) is 8.41. The fourth-order valence-electron chi connectivity index (χ4n) is 3.85. The van der Waals surface area contributed by atoms with Gasteiger partial charge in [-0.2, -0.15) is 0 Å². The van der Waals surface area contributed by atoms with Gasteiger partial charge in [0.1, 0.15) is 0 Å². The third-order valence-corrected chi connectivity index (χ3v) is 6.58. The van der Waals surface area contributed by atoms with Gasteiger partial charge in [0, 0.05) is 9.13 Å². The van der Waals surface area contributed by atoms with Gasteiger partial charge in [0.2, 0.25) is 0 Å². The molecule has 2 aromatic rings. The monoisotopic (exact) mass is 406 g/mol. The molecule has 2 bridgehead atoms. The molecule has 2 saturated carbocycles. The number of fused-ring (bicyclic) bond motifs is 2. The van der Waals surface area contributed by atoms with Crippen LogP contribution in [0.3, 0.4) is 0 Å². The van der Waals surface area contributed by atoms with Crippen molar-refractivity contribution in [1.82, 2.24) is 0 Å². The van der Waals surface area contributed by atoms with E-state index in [1.165, 1.54) is 0 Å². The number of rotatable bonds is 8. The maximum absolute atomic E-state index is 12.3. The van der Waals surface area contributed by atoms with Crippen LogP contribution >= 0.6 is 16.5 Å². The maximum atomic E-state index is 12.3. The van der Waals surface area contributed by atoms with Gasteiger partial charge >= 0.3 is 16.5 Å². The van der Waals surface area contributed by atoms with Crippen LogP contribution in [0.1, 0.15) is 19.3 Å². The molecular formula is C19H20O6P2+2. The van der Waals surface area contributed by atoms with E-state index in [0.717, 1.165) is 19.3 Å². The standard InChI is InChI=1S/C19H20O6P2/c20-26(22-16-7-3-1-4-8-16)24-18-14-11-12-15(13-14)19(18)25-27(21)23-17-9-5-2-6-10-17/h1-10,14-15,18-19H,11-13H2/q+2. The SMILES string of the molecule is O=[P+](Oc1ccccc1)OC1C2CCC(C2)C1O[P+](=O)Oc1ccccc1. The highest BCUT2D eigenvalue weighted by Gasteiger charge is 2.57. The van der Waals surface area contributed by atoms with E-state index >= 15 is 0 Å². The Labute approximate surface area is 159 Å². The zero-order valence-electron chi connectivity index (χ0n) is 14.5. The van der Waals surface area contributed by atoms with Gasteiger partial charge < -0.3 is 0 Å². The molecule has 0 saturated heterocycles. The minimum atomic E-state index is -2.35. The van der Waals surface area contributed by atoms with Gasteiger partial charge in [-0.15, -0.1) is 9.05 Å². The number of hydrogen-bond acceptors (Lipinski definition) is 6. The minimum Gasteiger partial charge on any atom is -0.229 e. The third-order valence-electron chi connectivity index (χ3n) is 5.03. The van der Waals surface area contributed by atoms with Crippen molar-refractivity contribution in [2.75, 3.05) is 0 Å². The summed E-state index contributed by atoms with van der Waals surface area (Å²) in [6, 6.07) is 17.8. The number of benzene rings is 2. The fraction of sp³-hybridized carbons (Fsp3) is 0.368. The lowest BCUT2D eigenvalue weighted by Gasteiger charge is -2.21. The van der Waals surface area contributed by atoms with Crippen molar-refractivity contribution in [3.8, 4) is 11.5 Å². The predicted octanol–water partition coefficient (Wildman–Crippen LogP) is 5.66. The summed E-state index contributed by atoms with van der Waals surface area (Å²) in [5.41, 5.74) is 0. The molecule has 2 aromatic carbocycles. The molecule has 2 aliphatic rings. The highest BCUT2D eigenvalue weighted by atomic mass is 31.1. The Morgan fingerprint density at radius 1 is 0.667 bits per heavy atom. The molecule has 2 aliphatic carbocycles. The first-order chi connectivity index (χ1) is 13.2. The molecule has 0 aromatic heterocycles. The van der Waals surface area contributed by atoms with Crippen LogP contribution in [0.5, 0.6) is 11.5 Å². The van der Waals surface area contributed by atoms with E-state index in [9.17, 15) is 9.13 Å². The molecule has 0 radical (unpaired) electrons. The number of hydrogen-bond donors (Lipinski definition) is 0. The van der Waals surface area contributed by atoms with Crippen LogP contribution in [0, 0.1) is 11.8 Å². The zero-order chi connectivity index (χ0) is 18.6. The summed E-state index contributed by atoms with van der Waals surface area (Å²) in [5, 5.41) is 0. The summed E-state index contributed by atoms with van der Waals surface area (Å²) >= 11 is 0. The molecule has 0 spiro atoms. The van der Waals surface area contributed by atoms with Crippen LogP contribution in [-0.2, 0) is 18.2 Å². The van der Waals surface area contributed by atoms with E-state index in [1.54, 1.807) is 48.5 Å². The average Bonchev–Trinajstić information content (AvgIpc) is 3.26. The van der Waals surface area contributed by atoms with Gasteiger partial charge in [-0.25, -0.2) is 9.05 Å². The molecule has 0 aliphatic heterocycles. The Hall–Kier alpha value is -1.84. The Balaban J connectivity index is 1.37. The number of para-hydroxylation sites is 2. The van der Waals surface area contributed by atoms with E-state index in [4.69, 9.17) is 18.1 Å². The maximum Gasteiger partial charge on any atom is 0.750 e. The molecule has 140 valence electrons. The van der Waals surface area contributed by atoms with Crippen molar-refractivity contribution in [3.63, 3.8) is 0 Å². The molecule has 6 nitrogen and oxygen atoms in total. The Morgan fingerprint density at radius 3 is 1.48 bits per heavy atom. The summed E-state index contributed by atoms with van der Waals surface area (Å²) in [5.74, 6) is 1.44. The molecular weight excluding hydrogens is 386 g/mol. The average molecular weight is 406 g/mol. The second-order valence-electron chi connectivity index (χ2n) is 6.73. The molecule has 6 atom stereocenters. The first-order valence-corrected chi connectivity index (χ1v) is 11.1. The van der Waals surface area contributed by atoms with Gasteiger partial charge in [-0.1, -0.05) is 36.4 Å². The Bertz CT molecular complexity index is 733. The van der Waals surface area contributed by atoms with E-state index < -0.39 is 28.7 Å². The smallest absolute Gasteiger partial charge is 0.229 e. The highest BCUT2D eigenvalue weighted by molar-refractivity contribution is 7.34. The Morgan fingerprint density at radius 2 is 1.07 bits per heavy atom. The molecule has 0 heterocycles. The minimum absolute atomic E-state index is 0.235. The summed E-state index contributed by atoms with van der Waals surface area (Å²) < 4.78 is 46.7. The van der Waals surface area contributed by atoms with Crippen LogP contribution in [0.15, 0.2) is 60.7 Å². The third kappa shape index (κ3) is 4.53. The van der Waals surface area contributed by atoms with Crippen molar-refractivity contribution < 1.29 is 27.2 Å². The van der Waals surface area contributed by atoms with Crippen molar-refractivity contribution in [2.45, 2.75) is 31.5 Å². The molecule has 2 fully saturated rings. The molecule has 27 heavy (non-hydrogen) atoms. The lowest BCUT2D eigenvalue weighted by Crippen LogP contribution is -2.34. The highest BCUT2D eigenvalue weighted by Crippen LogP contribution is 2.52. The van der Waals surface area contributed by atoms with Crippen LogP contribution in [0.2, 0.25) is 0 Å². The van der Waals surface area contributed by atoms with Crippen LogP contribution < -0.4 is 9.05 Å². The molecule has 6 unspecified atom stereocenters. The largest absolute Gasteiger partial charge is 0.750 e. The second kappa shape index (κ2) is 8.45. The molecule has 0 N–H and O–H groups in total. The van der Waals surface area contributed by atoms with Crippen molar-refractivity contribution in [3.05, 3.63) is 60.7 Å². The summed E-state index contributed by atoms with van der Waals surface area (Å²) in [4.78, 5) is 0. The van der Waals surface area contributed by atoms with Gasteiger partial charge in [0.15, 0.2) is 23.7 Å². The molecule has 8 heteroatoms. The van der Waals surface area contributed by atoms with Crippen molar-refractivity contribution >= 4 is 16.5 Å². The lowest BCUT2D eigenvalue weighted by molar-refractivity contribution is 0.0142. The van der Waals surface area contributed by atoms with Crippen molar-refractivity contribution in [2.24, 2.45) is 11.8 Å². The lowest BCUT2D eigenvalue weighted by atomic mass is 9.95. The van der Waals surface area contributed by atoms with Gasteiger partial charge in [-0.3, -0.25) is 0 Å². The first-order valence-electron chi connectivity index (χ1n) is 8.93. The van der Waals surface area contributed by atoms with E-state index in [-0.39, 0.29) is 11.8 Å². The summed E-state index contributed by atoms with van der Waals surface area (Å²) in [7, 11) is -4.69. The Kier molecular flexibility index (Phi) is 5.80. The van der Waals surface area contributed by atoms with E-state index in [1.807, 2.05) is 12.1 Å². The van der Waals surface area contributed by atoms with Crippen molar-refractivity contribution in [1.29, 1.82) is 0 Å². The van der Waals surface area contributed by atoms with E-state index in [0.29, 0.717) is 11.5 Å². The van der Waals surface area contributed by atoms with Crippen LogP contribution in [0.25, 0.3) is 0 Å². The first kappa shape index (κ1) is 18.5. The quantitative estimate of drug-likeness (QED) is 0.527. The fourth-order valence-corrected chi connectivity index (χ4v) is 5.51. The molecule has 0 amide bonds. The zero-order valence-corrected chi connectivity index (χ0v) is 16.3. The summed E-state index contributed by atoms with van der Waals surface area (Å²) in [6.45, 7) is 0. The normalized spacial score (nSPS) is 27.3. The van der Waals surface area contributed by atoms with Crippen LogP contribution in [-0.4, -0.2) is 12.2 Å². The topological polar surface area (TPSA) is 71.1 Å². The van der Waals surface area contributed by atoms with Gasteiger partial charge in [-0.05, 0) is 55.4 Å². The van der Waals surface area contributed by atoms with Gasteiger partial charge in [0.25, 0.3) is 0 Å². The summed E-state index contributed by atoms with van der Waals surface area (Å²) in [6.07, 6.45) is 2.07. The van der Waals surface area contributed by atoms with Crippen LogP contribution in [0.4, 0.5) is 0 Å². The van der Waals surface area contributed by atoms with Gasteiger partial charge in [0.05, 0.1) is 0 Å². The molecule has 4 rings (SSSR count). The predicted molar refractivity (Wildman–Crippen MR) is 99.9 cm³/mol. The van der Waals surface area contributed by atoms with E-state index in [2.05, 4.69) is 0 Å².